The Bertz CT molecular complexity index is 586. The largest absolute Gasteiger partial charge is 0.497 e. The fourth-order valence-corrected chi connectivity index (χ4v) is 2.02. The summed E-state index contributed by atoms with van der Waals surface area (Å²) in [4.78, 5) is 12.3. The molecule has 3 heteroatoms. The molecule has 0 aromatic heterocycles. The summed E-state index contributed by atoms with van der Waals surface area (Å²) in [6.45, 7) is 4.01. The lowest BCUT2D eigenvalue weighted by Crippen LogP contribution is -2.30. The zero-order valence-electron chi connectivity index (χ0n) is 12.6. The molecule has 0 N–H and O–H groups in total. The molecule has 2 aromatic rings. The van der Waals surface area contributed by atoms with Crippen molar-refractivity contribution in [3.8, 4) is 5.75 Å². The van der Waals surface area contributed by atoms with Crippen LogP contribution in [-0.2, 0) is 21.6 Å². The van der Waals surface area contributed by atoms with Gasteiger partial charge in [-0.05, 0) is 37.1 Å². The minimum atomic E-state index is -0.659. The van der Waals surface area contributed by atoms with E-state index in [2.05, 4.69) is 0 Å². The molecule has 0 radical (unpaired) electrons. The predicted octanol–water partition coefficient (Wildman–Crippen LogP) is 3.72. The van der Waals surface area contributed by atoms with Crippen molar-refractivity contribution in [3.63, 3.8) is 0 Å². The number of ether oxygens (including phenoxy) is 2. The van der Waals surface area contributed by atoms with E-state index in [9.17, 15) is 4.79 Å². The van der Waals surface area contributed by atoms with Crippen molar-refractivity contribution in [2.45, 2.75) is 25.9 Å². The van der Waals surface area contributed by atoms with Crippen LogP contribution in [0.25, 0.3) is 0 Å². The van der Waals surface area contributed by atoms with E-state index in [0.29, 0.717) is 0 Å². The third kappa shape index (κ3) is 3.63. The maximum absolute atomic E-state index is 12.3. The highest BCUT2D eigenvalue weighted by molar-refractivity contribution is 5.82. The molecule has 0 saturated carbocycles. The van der Waals surface area contributed by atoms with E-state index in [1.165, 1.54) is 0 Å². The summed E-state index contributed by atoms with van der Waals surface area (Å²) in [7, 11) is 1.62. The molecular weight excluding hydrogens is 264 g/mol. The molecule has 0 spiro atoms. The Labute approximate surface area is 125 Å². The van der Waals surface area contributed by atoms with Gasteiger partial charge in [-0.3, -0.25) is 4.79 Å². The fourth-order valence-electron chi connectivity index (χ4n) is 2.02. The molecule has 0 unspecified atom stereocenters. The number of hydrogen-bond donors (Lipinski definition) is 0. The minimum absolute atomic E-state index is 0.232. The topological polar surface area (TPSA) is 35.5 Å². The minimum Gasteiger partial charge on any atom is -0.497 e. The molecule has 110 valence electrons. The van der Waals surface area contributed by atoms with Gasteiger partial charge in [-0.2, -0.15) is 0 Å². The van der Waals surface area contributed by atoms with E-state index in [0.717, 1.165) is 16.9 Å². The molecule has 0 bridgehead atoms. The van der Waals surface area contributed by atoms with E-state index in [-0.39, 0.29) is 12.6 Å². The number of rotatable bonds is 5. The fraction of sp³-hybridized carbons (Fsp3) is 0.278. The van der Waals surface area contributed by atoms with Crippen LogP contribution in [0.5, 0.6) is 5.75 Å². The summed E-state index contributed by atoms with van der Waals surface area (Å²) in [5.74, 6) is 0.555. The molecule has 0 aliphatic heterocycles. The number of carbonyl (C=O) groups excluding carboxylic acids is 1. The van der Waals surface area contributed by atoms with Gasteiger partial charge in [0.1, 0.15) is 12.4 Å². The van der Waals surface area contributed by atoms with Gasteiger partial charge in [0.2, 0.25) is 0 Å². The van der Waals surface area contributed by atoms with Crippen LogP contribution in [0.4, 0.5) is 0 Å². The van der Waals surface area contributed by atoms with Gasteiger partial charge < -0.3 is 9.47 Å². The van der Waals surface area contributed by atoms with Crippen molar-refractivity contribution < 1.29 is 14.3 Å². The van der Waals surface area contributed by atoms with Crippen LogP contribution in [0.1, 0.15) is 25.0 Å². The van der Waals surface area contributed by atoms with Crippen LogP contribution in [-0.4, -0.2) is 13.1 Å². The highest BCUT2D eigenvalue weighted by Crippen LogP contribution is 2.25. The Hall–Kier alpha value is -2.29. The van der Waals surface area contributed by atoms with Gasteiger partial charge in [-0.1, -0.05) is 42.5 Å². The SMILES string of the molecule is COc1ccc(COC(=O)C(C)(C)c2ccccc2)cc1. The van der Waals surface area contributed by atoms with E-state index in [1.807, 2.05) is 68.4 Å². The van der Waals surface area contributed by atoms with Crippen molar-refractivity contribution in [2.75, 3.05) is 7.11 Å². The Kier molecular flexibility index (Phi) is 4.63. The molecule has 0 saturated heterocycles. The van der Waals surface area contributed by atoms with E-state index in [4.69, 9.17) is 9.47 Å². The monoisotopic (exact) mass is 284 g/mol. The second-order valence-corrected chi connectivity index (χ2v) is 5.42. The predicted molar refractivity (Wildman–Crippen MR) is 82.3 cm³/mol. The Balaban J connectivity index is 2.00. The van der Waals surface area contributed by atoms with Gasteiger partial charge in [-0.15, -0.1) is 0 Å². The molecular formula is C18H20O3. The van der Waals surface area contributed by atoms with Crippen LogP contribution in [0.3, 0.4) is 0 Å². The lowest BCUT2D eigenvalue weighted by molar-refractivity contribution is -0.150. The first-order chi connectivity index (χ1) is 10.0. The molecule has 21 heavy (non-hydrogen) atoms. The van der Waals surface area contributed by atoms with Gasteiger partial charge in [0.25, 0.3) is 0 Å². The average molecular weight is 284 g/mol. The highest BCUT2D eigenvalue weighted by atomic mass is 16.5. The summed E-state index contributed by atoms with van der Waals surface area (Å²) in [6, 6.07) is 17.1. The number of benzene rings is 2. The van der Waals surface area contributed by atoms with E-state index < -0.39 is 5.41 Å². The van der Waals surface area contributed by atoms with Gasteiger partial charge in [-0.25, -0.2) is 0 Å². The molecule has 2 aromatic carbocycles. The van der Waals surface area contributed by atoms with Crippen LogP contribution < -0.4 is 4.74 Å². The second kappa shape index (κ2) is 6.44. The maximum Gasteiger partial charge on any atom is 0.316 e. The Morgan fingerprint density at radius 3 is 2.19 bits per heavy atom. The summed E-state index contributed by atoms with van der Waals surface area (Å²) in [6.07, 6.45) is 0. The lowest BCUT2D eigenvalue weighted by atomic mass is 9.85. The standard InChI is InChI=1S/C18H20O3/c1-18(2,15-7-5-4-6-8-15)17(19)21-13-14-9-11-16(20-3)12-10-14/h4-12H,13H2,1-3H3. The molecule has 0 atom stereocenters. The molecule has 0 amide bonds. The number of esters is 1. The van der Waals surface area contributed by atoms with Crippen LogP contribution in [0, 0.1) is 0 Å². The lowest BCUT2D eigenvalue weighted by Gasteiger charge is -2.23. The summed E-state index contributed by atoms with van der Waals surface area (Å²) in [5.41, 5.74) is 1.23. The zero-order chi connectivity index (χ0) is 15.3. The number of methoxy groups -OCH3 is 1. The summed E-state index contributed by atoms with van der Waals surface area (Å²) < 4.78 is 10.5. The van der Waals surface area contributed by atoms with Gasteiger partial charge in [0.15, 0.2) is 0 Å². The molecule has 2 rings (SSSR count). The number of carbonyl (C=O) groups is 1. The molecule has 0 fully saturated rings. The first kappa shape index (κ1) is 15.1. The first-order valence-electron chi connectivity index (χ1n) is 6.89. The Morgan fingerprint density at radius 1 is 1.00 bits per heavy atom. The third-order valence-corrected chi connectivity index (χ3v) is 3.53. The molecule has 0 heterocycles. The van der Waals surface area contributed by atoms with Crippen LogP contribution in [0.2, 0.25) is 0 Å². The highest BCUT2D eigenvalue weighted by Gasteiger charge is 2.31. The zero-order valence-corrected chi connectivity index (χ0v) is 12.6. The third-order valence-electron chi connectivity index (χ3n) is 3.53. The number of hydrogen-bond acceptors (Lipinski definition) is 3. The van der Waals surface area contributed by atoms with Gasteiger partial charge in [0, 0.05) is 0 Å². The quantitative estimate of drug-likeness (QED) is 0.785. The van der Waals surface area contributed by atoms with Crippen molar-refractivity contribution in [2.24, 2.45) is 0 Å². The van der Waals surface area contributed by atoms with Gasteiger partial charge >= 0.3 is 5.97 Å². The summed E-state index contributed by atoms with van der Waals surface area (Å²) in [5, 5.41) is 0. The van der Waals surface area contributed by atoms with E-state index in [1.54, 1.807) is 7.11 Å². The van der Waals surface area contributed by atoms with Crippen LogP contribution in [0.15, 0.2) is 54.6 Å². The Morgan fingerprint density at radius 2 is 1.62 bits per heavy atom. The van der Waals surface area contributed by atoms with Crippen molar-refractivity contribution in [1.82, 2.24) is 0 Å². The molecule has 0 aliphatic carbocycles. The smallest absolute Gasteiger partial charge is 0.316 e. The van der Waals surface area contributed by atoms with Crippen molar-refractivity contribution >= 4 is 5.97 Å². The summed E-state index contributed by atoms with van der Waals surface area (Å²) >= 11 is 0. The van der Waals surface area contributed by atoms with Crippen molar-refractivity contribution in [1.29, 1.82) is 0 Å². The van der Waals surface area contributed by atoms with Gasteiger partial charge in [0.05, 0.1) is 12.5 Å². The second-order valence-electron chi connectivity index (χ2n) is 5.42. The van der Waals surface area contributed by atoms with Crippen molar-refractivity contribution in [3.05, 3.63) is 65.7 Å². The molecule has 0 aliphatic rings. The van der Waals surface area contributed by atoms with Crippen LogP contribution >= 0.6 is 0 Å². The first-order valence-corrected chi connectivity index (χ1v) is 6.89. The normalized spacial score (nSPS) is 11.0. The molecule has 3 nitrogen and oxygen atoms in total. The van der Waals surface area contributed by atoms with E-state index >= 15 is 0 Å². The average Bonchev–Trinajstić information content (AvgIpc) is 2.53. The maximum atomic E-state index is 12.3.